The van der Waals surface area contributed by atoms with Crippen LogP contribution in [0.5, 0.6) is 23.0 Å². The van der Waals surface area contributed by atoms with Crippen molar-refractivity contribution in [3.05, 3.63) is 181 Å². The monoisotopic (exact) mass is 678 g/mol. The van der Waals surface area contributed by atoms with Gasteiger partial charge in [-0.25, -0.2) is 9.59 Å². The molecule has 0 fully saturated rings. The molecule has 8 aromatic carbocycles. The summed E-state index contributed by atoms with van der Waals surface area (Å²) in [5.74, 6) is 0.0177. The summed E-state index contributed by atoms with van der Waals surface area (Å²) in [5, 5.41) is 22.8. The maximum Gasteiger partial charge on any atom is 0.335 e. The molecule has 0 aliphatic carbocycles. The van der Waals surface area contributed by atoms with Gasteiger partial charge in [0.25, 0.3) is 0 Å². The van der Waals surface area contributed by atoms with E-state index in [0.717, 1.165) is 54.9 Å². The molecular formula is C46H30O6. The van der Waals surface area contributed by atoms with Crippen molar-refractivity contribution in [2.75, 3.05) is 0 Å². The predicted molar refractivity (Wildman–Crippen MR) is 205 cm³/mol. The second-order valence-electron chi connectivity index (χ2n) is 12.3. The normalized spacial score (nSPS) is 11.0. The largest absolute Gasteiger partial charge is 0.478 e. The minimum atomic E-state index is -1.02. The molecule has 0 amide bonds. The first-order valence-electron chi connectivity index (χ1n) is 16.7. The number of hydrogen-bond donors (Lipinski definition) is 2. The minimum Gasteiger partial charge on any atom is -0.478 e. The van der Waals surface area contributed by atoms with E-state index in [4.69, 9.17) is 9.47 Å². The molecule has 0 saturated heterocycles. The molecule has 6 nitrogen and oxygen atoms in total. The molecule has 0 heterocycles. The molecule has 2 N–H and O–H groups in total. The highest BCUT2D eigenvalue weighted by molar-refractivity contribution is 6.11. The summed E-state index contributed by atoms with van der Waals surface area (Å²) in [6, 6.07) is 53.6. The van der Waals surface area contributed by atoms with Gasteiger partial charge in [0.05, 0.1) is 11.1 Å². The molecule has 0 aliphatic rings. The van der Waals surface area contributed by atoms with Crippen molar-refractivity contribution in [3.8, 4) is 56.4 Å². The van der Waals surface area contributed by atoms with Gasteiger partial charge in [-0.05, 0) is 117 Å². The molecule has 0 spiro atoms. The van der Waals surface area contributed by atoms with E-state index in [9.17, 15) is 19.8 Å². The molecule has 0 unspecified atom stereocenters. The summed E-state index contributed by atoms with van der Waals surface area (Å²) < 4.78 is 13.2. The smallest absolute Gasteiger partial charge is 0.335 e. The van der Waals surface area contributed by atoms with Gasteiger partial charge < -0.3 is 19.7 Å². The number of benzene rings is 8. The molecule has 6 heteroatoms. The van der Waals surface area contributed by atoms with E-state index >= 15 is 0 Å². The van der Waals surface area contributed by atoms with Gasteiger partial charge in [0.15, 0.2) is 0 Å². The molecule has 8 aromatic rings. The Morgan fingerprint density at radius 2 is 0.769 bits per heavy atom. The fourth-order valence-corrected chi connectivity index (χ4v) is 6.51. The number of carbonyl (C=O) groups is 2. The number of rotatable bonds is 9. The van der Waals surface area contributed by atoms with Gasteiger partial charge in [0, 0.05) is 11.1 Å². The van der Waals surface area contributed by atoms with E-state index in [1.54, 1.807) is 24.3 Å². The Morgan fingerprint density at radius 3 is 1.13 bits per heavy atom. The fraction of sp³-hybridized carbons (Fsp3) is 0. The van der Waals surface area contributed by atoms with Gasteiger partial charge >= 0.3 is 11.9 Å². The first-order chi connectivity index (χ1) is 25.4. The SMILES string of the molecule is O=C(O)c1ccc(Oc2ccc3cc(-c4ccccc4)ccc3c2-c2c(Oc3ccc(C(=O)O)cc3)ccc3cc(-c4ccccc4)ccc23)cc1. The molecular weight excluding hydrogens is 648 g/mol. The Kier molecular flexibility index (Phi) is 8.39. The van der Waals surface area contributed by atoms with E-state index in [0.29, 0.717) is 23.0 Å². The van der Waals surface area contributed by atoms with Gasteiger partial charge in [-0.15, -0.1) is 0 Å². The van der Waals surface area contributed by atoms with Crippen LogP contribution in [-0.2, 0) is 0 Å². The maximum atomic E-state index is 11.6. The third-order valence-electron chi connectivity index (χ3n) is 9.09. The minimum absolute atomic E-state index is 0.160. The summed E-state index contributed by atoms with van der Waals surface area (Å²) >= 11 is 0. The molecule has 0 radical (unpaired) electrons. The average Bonchev–Trinajstić information content (AvgIpc) is 3.19. The van der Waals surface area contributed by atoms with Crippen LogP contribution in [0.4, 0.5) is 0 Å². The fourth-order valence-electron chi connectivity index (χ4n) is 6.51. The zero-order chi connectivity index (χ0) is 35.6. The van der Waals surface area contributed by atoms with Crippen molar-refractivity contribution in [1.29, 1.82) is 0 Å². The lowest BCUT2D eigenvalue weighted by molar-refractivity contribution is 0.0686. The summed E-state index contributed by atoms with van der Waals surface area (Å²) in [6.45, 7) is 0. The third-order valence-corrected chi connectivity index (χ3v) is 9.09. The molecule has 0 atom stereocenters. The van der Waals surface area contributed by atoms with E-state index in [1.807, 2.05) is 60.7 Å². The zero-order valence-corrected chi connectivity index (χ0v) is 27.7. The molecule has 0 aliphatic heterocycles. The van der Waals surface area contributed by atoms with Crippen LogP contribution in [0.3, 0.4) is 0 Å². The van der Waals surface area contributed by atoms with Crippen LogP contribution in [0, 0.1) is 0 Å². The maximum absolute atomic E-state index is 11.6. The van der Waals surface area contributed by atoms with Crippen molar-refractivity contribution in [2.24, 2.45) is 0 Å². The van der Waals surface area contributed by atoms with Gasteiger partial charge in [0.2, 0.25) is 0 Å². The number of ether oxygens (including phenoxy) is 2. The topological polar surface area (TPSA) is 93.1 Å². The van der Waals surface area contributed by atoms with Crippen LogP contribution in [0.15, 0.2) is 170 Å². The predicted octanol–water partition coefficient (Wildman–Crippen LogP) is 12.0. The summed E-state index contributed by atoms with van der Waals surface area (Å²) in [5.41, 5.74) is 6.22. The van der Waals surface area contributed by atoms with Crippen LogP contribution in [0.2, 0.25) is 0 Å². The third kappa shape index (κ3) is 6.32. The Bertz CT molecular complexity index is 2410. The van der Waals surface area contributed by atoms with Crippen molar-refractivity contribution in [1.82, 2.24) is 0 Å². The van der Waals surface area contributed by atoms with Gasteiger partial charge in [-0.3, -0.25) is 0 Å². The molecule has 250 valence electrons. The highest BCUT2D eigenvalue weighted by atomic mass is 16.5. The van der Waals surface area contributed by atoms with Crippen molar-refractivity contribution < 1.29 is 29.3 Å². The second-order valence-corrected chi connectivity index (χ2v) is 12.3. The molecule has 52 heavy (non-hydrogen) atoms. The average molecular weight is 679 g/mol. The lowest BCUT2D eigenvalue weighted by Crippen LogP contribution is -1.98. The molecule has 0 aromatic heterocycles. The first kappa shape index (κ1) is 32.0. The van der Waals surface area contributed by atoms with Crippen molar-refractivity contribution in [2.45, 2.75) is 0 Å². The molecule has 0 saturated carbocycles. The highest BCUT2D eigenvalue weighted by Gasteiger charge is 2.21. The lowest BCUT2D eigenvalue weighted by Gasteiger charge is -2.20. The van der Waals surface area contributed by atoms with Crippen molar-refractivity contribution >= 4 is 33.5 Å². The van der Waals surface area contributed by atoms with Gasteiger partial charge in [-0.1, -0.05) is 97.1 Å². The second kappa shape index (κ2) is 13.6. The summed E-state index contributed by atoms with van der Waals surface area (Å²) in [7, 11) is 0. The first-order valence-corrected chi connectivity index (χ1v) is 16.7. The van der Waals surface area contributed by atoms with Crippen LogP contribution < -0.4 is 9.47 Å². The Morgan fingerprint density at radius 1 is 0.385 bits per heavy atom. The Labute approximate surface area is 299 Å². The number of fused-ring (bicyclic) bond motifs is 2. The van der Waals surface area contributed by atoms with Crippen LogP contribution in [-0.4, -0.2) is 22.2 Å². The zero-order valence-electron chi connectivity index (χ0n) is 27.7. The van der Waals surface area contributed by atoms with E-state index in [-0.39, 0.29) is 11.1 Å². The number of hydrogen-bond acceptors (Lipinski definition) is 4. The van der Waals surface area contributed by atoms with E-state index < -0.39 is 11.9 Å². The molecule has 0 bridgehead atoms. The summed E-state index contributed by atoms with van der Waals surface area (Å²) in [4.78, 5) is 23.2. The lowest BCUT2D eigenvalue weighted by atomic mass is 9.90. The number of aromatic carboxylic acids is 2. The Hall–Kier alpha value is -7.18. The quantitative estimate of drug-likeness (QED) is 0.158. The van der Waals surface area contributed by atoms with Crippen LogP contribution in [0.1, 0.15) is 20.7 Å². The van der Waals surface area contributed by atoms with Gasteiger partial charge in [-0.2, -0.15) is 0 Å². The standard InChI is InChI=1S/C46H30O6/c47-45(48)31-11-19-37(20-12-31)51-41-25-17-35-27-33(29-7-3-1-4-8-29)15-23-39(35)43(41)44-40-24-16-34(30-9-5-2-6-10-30)28-36(40)18-26-42(44)52-38-21-13-32(14-22-38)46(49)50/h1-28H,(H,47,48)(H,49,50). The van der Waals surface area contributed by atoms with E-state index in [1.165, 1.54) is 24.3 Å². The number of carboxylic acid groups (broad SMARTS) is 2. The molecule has 8 rings (SSSR count). The van der Waals surface area contributed by atoms with E-state index in [2.05, 4.69) is 60.7 Å². The number of carboxylic acids is 2. The van der Waals surface area contributed by atoms with Gasteiger partial charge in [0.1, 0.15) is 23.0 Å². The highest BCUT2D eigenvalue weighted by Crippen LogP contribution is 2.48. The van der Waals surface area contributed by atoms with Crippen molar-refractivity contribution in [3.63, 3.8) is 0 Å². The Balaban J connectivity index is 1.37. The van der Waals surface area contributed by atoms with Crippen LogP contribution in [0.25, 0.3) is 54.9 Å². The summed E-state index contributed by atoms with van der Waals surface area (Å²) in [6.07, 6.45) is 0. The van der Waals surface area contributed by atoms with Crippen LogP contribution >= 0.6 is 0 Å².